The molecule has 0 saturated carbocycles. The van der Waals surface area contributed by atoms with Gasteiger partial charge in [-0.25, -0.2) is 0 Å². The Morgan fingerprint density at radius 2 is 1.71 bits per heavy atom. The second kappa shape index (κ2) is 3.43. The molecule has 72 valence electrons. The van der Waals surface area contributed by atoms with Crippen LogP contribution in [0.5, 0.6) is 0 Å². The first kappa shape index (κ1) is 9.22. The van der Waals surface area contributed by atoms with Gasteiger partial charge in [-0.2, -0.15) is 0 Å². The van der Waals surface area contributed by atoms with Crippen molar-refractivity contribution in [1.82, 2.24) is 0 Å². The molecular formula is C13H14O. The minimum atomic E-state index is 0.113. The van der Waals surface area contributed by atoms with E-state index in [0.29, 0.717) is 0 Å². The van der Waals surface area contributed by atoms with Crippen molar-refractivity contribution in [3.05, 3.63) is 47.0 Å². The van der Waals surface area contributed by atoms with Crippen molar-refractivity contribution in [2.45, 2.75) is 20.5 Å². The maximum absolute atomic E-state index is 9.25. The lowest BCUT2D eigenvalue weighted by molar-refractivity contribution is 0.283. The Labute approximate surface area is 84.0 Å². The van der Waals surface area contributed by atoms with Crippen LogP contribution in [0.15, 0.2) is 30.3 Å². The zero-order valence-electron chi connectivity index (χ0n) is 8.54. The molecular weight excluding hydrogens is 172 g/mol. The molecule has 0 aromatic heterocycles. The van der Waals surface area contributed by atoms with Gasteiger partial charge in [-0.3, -0.25) is 0 Å². The van der Waals surface area contributed by atoms with Gasteiger partial charge < -0.3 is 5.11 Å². The van der Waals surface area contributed by atoms with Crippen LogP contribution in [0, 0.1) is 13.8 Å². The van der Waals surface area contributed by atoms with E-state index in [1.165, 1.54) is 16.5 Å². The van der Waals surface area contributed by atoms with E-state index in [9.17, 15) is 5.11 Å². The largest absolute Gasteiger partial charge is 0.392 e. The van der Waals surface area contributed by atoms with Crippen LogP contribution in [0.3, 0.4) is 0 Å². The van der Waals surface area contributed by atoms with Gasteiger partial charge >= 0.3 is 0 Å². The average Bonchev–Trinajstić information content (AvgIpc) is 2.23. The number of hydrogen-bond donors (Lipinski definition) is 1. The third-order valence-corrected chi connectivity index (χ3v) is 2.83. The average molecular weight is 186 g/mol. The fourth-order valence-electron chi connectivity index (χ4n) is 1.88. The third-order valence-electron chi connectivity index (χ3n) is 2.83. The van der Waals surface area contributed by atoms with Crippen molar-refractivity contribution < 1.29 is 5.11 Å². The van der Waals surface area contributed by atoms with Crippen molar-refractivity contribution in [2.75, 3.05) is 0 Å². The Hall–Kier alpha value is -1.34. The summed E-state index contributed by atoms with van der Waals surface area (Å²) in [6, 6.07) is 10.3. The summed E-state index contributed by atoms with van der Waals surface area (Å²) in [6.45, 7) is 4.32. The second-order valence-electron chi connectivity index (χ2n) is 3.68. The van der Waals surface area contributed by atoms with E-state index in [1.54, 1.807) is 0 Å². The number of aryl methyl sites for hydroxylation is 2. The van der Waals surface area contributed by atoms with Crippen molar-refractivity contribution in [2.24, 2.45) is 0 Å². The van der Waals surface area contributed by atoms with Gasteiger partial charge in [0, 0.05) is 0 Å². The molecule has 0 aliphatic carbocycles. The lowest BCUT2D eigenvalue weighted by Gasteiger charge is -2.09. The van der Waals surface area contributed by atoms with E-state index in [1.807, 2.05) is 12.1 Å². The maximum atomic E-state index is 9.25. The quantitative estimate of drug-likeness (QED) is 0.726. The lowest BCUT2D eigenvalue weighted by atomic mass is 9.96. The molecule has 0 bridgehead atoms. The van der Waals surface area contributed by atoms with E-state index in [2.05, 4.69) is 32.0 Å². The van der Waals surface area contributed by atoms with Crippen molar-refractivity contribution in [3.8, 4) is 0 Å². The molecule has 2 rings (SSSR count). The predicted octanol–water partition coefficient (Wildman–Crippen LogP) is 2.95. The summed E-state index contributed by atoms with van der Waals surface area (Å²) in [5.74, 6) is 0. The summed E-state index contributed by atoms with van der Waals surface area (Å²) in [7, 11) is 0. The van der Waals surface area contributed by atoms with Crippen LogP contribution in [0.1, 0.15) is 16.7 Å². The van der Waals surface area contributed by atoms with E-state index < -0.39 is 0 Å². The van der Waals surface area contributed by atoms with Crippen LogP contribution < -0.4 is 0 Å². The maximum Gasteiger partial charge on any atom is 0.0687 e. The Kier molecular flexibility index (Phi) is 2.26. The van der Waals surface area contributed by atoms with Gasteiger partial charge in [0.25, 0.3) is 0 Å². The highest BCUT2D eigenvalue weighted by molar-refractivity contribution is 5.89. The van der Waals surface area contributed by atoms with E-state index in [-0.39, 0.29) is 6.61 Å². The molecule has 0 heterocycles. The zero-order chi connectivity index (χ0) is 10.1. The number of rotatable bonds is 1. The molecule has 0 aliphatic heterocycles. The number of fused-ring (bicyclic) bond motifs is 1. The van der Waals surface area contributed by atoms with Gasteiger partial charge in [0.1, 0.15) is 0 Å². The van der Waals surface area contributed by atoms with Crippen molar-refractivity contribution in [3.63, 3.8) is 0 Å². The molecule has 0 unspecified atom stereocenters. The predicted molar refractivity (Wildman–Crippen MR) is 59.3 cm³/mol. The first-order chi connectivity index (χ1) is 6.74. The van der Waals surface area contributed by atoms with Gasteiger partial charge in [-0.1, -0.05) is 30.3 Å². The summed E-state index contributed by atoms with van der Waals surface area (Å²) >= 11 is 0. The summed E-state index contributed by atoms with van der Waals surface area (Å²) < 4.78 is 0. The van der Waals surface area contributed by atoms with Gasteiger partial charge in [0.2, 0.25) is 0 Å². The van der Waals surface area contributed by atoms with Crippen molar-refractivity contribution in [1.29, 1.82) is 0 Å². The lowest BCUT2D eigenvalue weighted by Crippen LogP contribution is -1.91. The molecule has 0 fully saturated rings. The molecule has 1 N–H and O–H groups in total. The minimum absolute atomic E-state index is 0.113. The van der Waals surface area contributed by atoms with Crippen LogP contribution in [-0.2, 0) is 6.61 Å². The summed E-state index contributed by atoms with van der Waals surface area (Å²) in [6.07, 6.45) is 0. The molecule has 0 saturated heterocycles. The minimum Gasteiger partial charge on any atom is -0.392 e. The Morgan fingerprint density at radius 1 is 1.07 bits per heavy atom. The zero-order valence-corrected chi connectivity index (χ0v) is 8.54. The van der Waals surface area contributed by atoms with E-state index in [0.717, 1.165) is 10.9 Å². The van der Waals surface area contributed by atoms with E-state index in [4.69, 9.17) is 0 Å². The van der Waals surface area contributed by atoms with Crippen LogP contribution in [0.25, 0.3) is 10.8 Å². The fourth-order valence-corrected chi connectivity index (χ4v) is 1.88. The normalized spacial score (nSPS) is 10.8. The molecule has 2 aromatic rings. The summed E-state index contributed by atoms with van der Waals surface area (Å²) in [5.41, 5.74) is 3.56. The molecule has 1 nitrogen and oxygen atoms in total. The Balaban J connectivity index is 2.89. The molecule has 1 heteroatoms. The molecule has 0 radical (unpaired) electrons. The highest BCUT2D eigenvalue weighted by atomic mass is 16.3. The van der Waals surface area contributed by atoms with Crippen LogP contribution >= 0.6 is 0 Å². The number of benzene rings is 2. The second-order valence-corrected chi connectivity index (χ2v) is 3.68. The van der Waals surface area contributed by atoms with Gasteiger partial charge in [-0.15, -0.1) is 0 Å². The molecule has 0 amide bonds. The SMILES string of the molecule is Cc1cc(CO)c2ccccc2c1C. The highest BCUT2D eigenvalue weighted by Crippen LogP contribution is 2.25. The Bertz CT molecular complexity index is 472. The molecule has 0 atom stereocenters. The smallest absolute Gasteiger partial charge is 0.0687 e. The third kappa shape index (κ3) is 1.30. The monoisotopic (exact) mass is 186 g/mol. The van der Waals surface area contributed by atoms with Crippen LogP contribution in [0.2, 0.25) is 0 Å². The number of aliphatic hydroxyl groups is 1. The van der Waals surface area contributed by atoms with Gasteiger partial charge in [-0.05, 0) is 41.3 Å². The first-order valence-electron chi connectivity index (χ1n) is 4.82. The highest BCUT2D eigenvalue weighted by Gasteiger charge is 2.04. The molecule has 0 aliphatic rings. The van der Waals surface area contributed by atoms with E-state index >= 15 is 0 Å². The fraction of sp³-hybridized carbons (Fsp3) is 0.231. The van der Waals surface area contributed by atoms with Crippen LogP contribution in [0.4, 0.5) is 0 Å². The topological polar surface area (TPSA) is 20.2 Å². The molecule has 14 heavy (non-hydrogen) atoms. The van der Waals surface area contributed by atoms with Gasteiger partial charge in [0.15, 0.2) is 0 Å². The van der Waals surface area contributed by atoms with Crippen LogP contribution in [-0.4, -0.2) is 5.11 Å². The molecule has 0 spiro atoms. The van der Waals surface area contributed by atoms with Crippen molar-refractivity contribution >= 4 is 10.8 Å². The standard InChI is InChI=1S/C13H14O/c1-9-7-11(8-14)13-6-4-3-5-12(13)10(9)2/h3-7,14H,8H2,1-2H3. The molecule has 2 aromatic carbocycles. The first-order valence-corrected chi connectivity index (χ1v) is 4.82. The summed E-state index contributed by atoms with van der Waals surface area (Å²) in [5, 5.41) is 11.7. The summed E-state index contributed by atoms with van der Waals surface area (Å²) in [4.78, 5) is 0. The van der Waals surface area contributed by atoms with Gasteiger partial charge in [0.05, 0.1) is 6.61 Å². The Morgan fingerprint density at radius 3 is 2.36 bits per heavy atom. The number of hydrogen-bond acceptors (Lipinski definition) is 1. The number of aliphatic hydroxyl groups excluding tert-OH is 1.